The Morgan fingerprint density at radius 2 is 2.06 bits per heavy atom. The van der Waals surface area contributed by atoms with Crippen LogP contribution in [-0.2, 0) is 6.54 Å². The van der Waals surface area contributed by atoms with E-state index in [1.54, 1.807) is 11.3 Å². The fraction of sp³-hybridized carbons (Fsp3) is 0.692. The molecule has 1 aromatic heterocycles. The standard InChI is InChI=1S/C13H24N2S/c1-4-13(5-2,10-14)11-15(3)8-12-6-7-16-9-12/h6-7,9H,4-5,8,10-11,14H2,1-3H3. The molecule has 1 aromatic rings. The Balaban J connectivity index is 2.51. The van der Waals surface area contributed by atoms with Gasteiger partial charge in [0.25, 0.3) is 0 Å². The molecule has 16 heavy (non-hydrogen) atoms. The number of hydrogen-bond acceptors (Lipinski definition) is 3. The molecule has 92 valence electrons. The van der Waals surface area contributed by atoms with E-state index in [1.807, 2.05) is 0 Å². The minimum Gasteiger partial charge on any atom is -0.330 e. The quantitative estimate of drug-likeness (QED) is 0.794. The molecule has 2 N–H and O–H groups in total. The molecule has 0 fully saturated rings. The first-order valence-electron chi connectivity index (χ1n) is 6.05. The number of rotatable bonds is 7. The van der Waals surface area contributed by atoms with Crippen molar-refractivity contribution < 1.29 is 0 Å². The van der Waals surface area contributed by atoms with Crippen LogP contribution in [0.3, 0.4) is 0 Å². The van der Waals surface area contributed by atoms with Crippen molar-refractivity contribution in [3.05, 3.63) is 22.4 Å². The molecule has 1 rings (SSSR count). The zero-order chi connectivity index (χ0) is 12.0. The van der Waals surface area contributed by atoms with Crippen molar-refractivity contribution in [3.63, 3.8) is 0 Å². The summed E-state index contributed by atoms with van der Waals surface area (Å²) in [6.45, 7) is 7.40. The van der Waals surface area contributed by atoms with E-state index in [0.29, 0.717) is 5.41 Å². The van der Waals surface area contributed by atoms with Gasteiger partial charge < -0.3 is 10.6 Å². The molecule has 0 spiro atoms. The van der Waals surface area contributed by atoms with Gasteiger partial charge in [0.1, 0.15) is 0 Å². The molecule has 1 heterocycles. The third-order valence-corrected chi connectivity index (χ3v) is 4.30. The average Bonchev–Trinajstić information content (AvgIpc) is 2.79. The second-order valence-electron chi connectivity index (χ2n) is 4.72. The van der Waals surface area contributed by atoms with Gasteiger partial charge in [0, 0.05) is 13.1 Å². The first-order chi connectivity index (χ1) is 7.65. The Morgan fingerprint density at radius 3 is 2.50 bits per heavy atom. The van der Waals surface area contributed by atoms with Crippen LogP contribution in [0.2, 0.25) is 0 Å². The van der Waals surface area contributed by atoms with Crippen LogP contribution in [0.5, 0.6) is 0 Å². The van der Waals surface area contributed by atoms with Crippen molar-refractivity contribution in [2.45, 2.75) is 33.2 Å². The molecule has 0 aliphatic rings. The van der Waals surface area contributed by atoms with Crippen LogP contribution < -0.4 is 5.73 Å². The van der Waals surface area contributed by atoms with Gasteiger partial charge in [-0.2, -0.15) is 11.3 Å². The third kappa shape index (κ3) is 3.58. The molecule has 0 aliphatic carbocycles. The fourth-order valence-electron chi connectivity index (χ4n) is 2.15. The lowest BCUT2D eigenvalue weighted by Crippen LogP contribution is -2.40. The predicted octanol–water partition coefficient (Wildman–Crippen LogP) is 2.95. The van der Waals surface area contributed by atoms with Gasteiger partial charge in [-0.15, -0.1) is 0 Å². The molecule has 3 heteroatoms. The zero-order valence-electron chi connectivity index (χ0n) is 10.7. The van der Waals surface area contributed by atoms with E-state index in [2.05, 4.69) is 42.6 Å². The monoisotopic (exact) mass is 240 g/mol. The average molecular weight is 240 g/mol. The lowest BCUT2D eigenvalue weighted by molar-refractivity contribution is 0.162. The summed E-state index contributed by atoms with van der Waals surface area (Å²) in [6, 6.07) is 2.20. The first-order valence-corrected chi connectivity index (χ1v) is 6.99. The van der Waals surface area contributed by atoms with Gasteiger partial charge in [-0.25, -0.2) is 0 Å². The molecular weight excluding hydrogens is 216 g/mol. The number of nitrogens with zero attached hydrogens (tertiary/aromatic N) is 1. The number of thiophene rings is 1. The lowest BCUT2D eigenvalue weighted by Gasteiger charge is -2.34. The molecule has 2 nitrogen and oxygen atoms in total. The summed E-state index contributed by atoms with van der Waals surface area (Å²) in [5.74, 6) is 0. The Hall–Kier alpha value is -0.380. The molecular formula is C13H24N2S. The molecule has 0 aliphatic heterocycles. The second-order valence-corrected chi connectivity index (χ2v) is 5.50. The SMILES string of the molecule is CCC(CC)(CN)CN(C)Cc1ccsc1. The Bertz CT molecular complexity index is 270. The van der Waals surface area contributed by atoms with Gasteiger partial charge in [0.05, 0.1) is 0 Å². The Morgan fingerprint density at radius 1 is 1.38 bits per heavy atom. The van der Waals surface area contributed by atoms with Crippen LogP contribution >= 0.6 is 11.3 Å². The van der Waals surface area contributed by atoms with Crippen LogP contribution in [0.15, 0.2) is 16.8 Å². The van der Waals surface area contributed by atoms with Crippen molar-refractivity contribution in [2.24, 2.45) is 11.1 Å². The molecule has 0 saturated heterocycles. The summed E-state index contributed by atoms with van der Waals surface area (Å²) in [7, 11) is 2.19. The summed E-state index contributed by atoms with van der Waals surface area (Å²) in [4.78, 5) is 2.39. The third-order valence-electron chi connectivity index (χ3n) is 3.57. The van der Waals surface area contributed by atoms with Crippen molar-refractivity contribution in [3.8, 4) is 0 Å². The topological polar surface area (TPSA) is 29.3 Å². The van der Waals surface area contributed by atoms with Gasteiger partial charge in [-0.05, 0) is 54.2 Å². The van der Waals surface area contributed by atoms with Crippen LogP contribution in [0.1, 0.15) is 32.3 Å². The molecule has 0 bridgehead atoms. The lowest BCUT2D eigenvalue weighted by atomic mass is 9.82. The highest BCUT2D eigenvalue weighted by atomic mass is 32.1. The number of nitrogens with two attached hydrogens (primary N) is 1. The highest BCUT2D eigenvalue weighted by molar-refractivity contribution is 7.07. The minimum atomic E-state index is 0.296. The summed E-state index contributed by atoms with van der Waals surface area (Å²) >= 11 is 1.77. The van der Waals surface area contributed by atoms with Crippen molar-refractivity contribution in [2.75, 3.05) is 20.1 Å². The van der Waals surface area contributed by atoms with Gasteiger partial charge >= 0.3 is 0 Å². The minimum absolute atomic E-state index is 0.296. The van der Waals surface area contributed by atoms with Crippen LogP contribution in [0, 0.1) is 5.41 Å². The maximum atomic E-state index is 5.93. The molecule has 0 atom stereocenters. The normalized spacial score (nSPS) is 12.3. The maximum Gasteiger partial charge on any atom is 0.0239 e. The molecule has 0 amide bonds. The smallest absolute Gasteiger partial charge is 0.0239 e. The summed E-state index contributed by atoms with van der Waals surface area (Å²) in [5, 5.41) is 4.36. The molecule has 0 radical (unpaired) electrons. The van der Waals surface area contributed by atoms with Crippen molar-refractivity contribution in [1.82, 2.24) is 4.90 Å². The van der Waals surface area contributed by atoms with Gasteiger partial charge in [-0.3, -0.25) is 0 Å². The highest BCUT2D eigenvalue weighted by Crippen LogP contribution is 2.26. The van der Waals surface area contributed by atoms with Gasteiger partial charge in [0.2, 0.25) is 0 Å². The Labute approximate surface area is 103 Å². The zero-order valence-corrected chi connectivity index (χ0v) is 11.5. The van der Waals surface area contributed by atoms with E-state index in [0.717, 1.165) is 32.5 Å². The second kappa shape index (κ2) is 6.38. The van der Waals surface area contributed by atoms with E-state index in [4.69, 9.17) is 5.73 Å². The van der Waals surface area contributed by atoms with Crippen LogP contribution in [0.4, 0.5) is 0 Å². The molecule has 0 saturated carbocycles. The van der Waals surface area contributed by atoms with E-state index in [9.17, 15) is 0 Å². The fourth-order valence-corrected chi connectivity index (χ4v) is 2.81. The van der Waals surface area contributed by atoms with Crippen LogP contribution in [-0.4, -0.2) is 25.0 Å². The first kappa shape index (κ1) is 13.7. The predicted molar refractivity (Wildman–Crippen MR) is 72.7 cm³/mol. The van der Waals surface area contributed by atoms with Gasteiger partial charge in [-0.1, -0.05) is 13.8 Å². The van der Waals surface area contributed by atoms with E-state index in [1.165, 1.54) is 5.56 Å². The largest absolute Gasteiger partial charge is 0.330 e. The van der Waals surface area contributed by atoms with E-state index in [-0.39, 0.29) is 0 Å². The van der Waals surface area contributed by atoms with E-state index < -0.39 is 0 Å². The summed E-state index contributed by atoms with van der Waals surface area (Å²) in [6.07, 6.45) is 2.32. The summed E-state index contributed by atoms with van der Waals surface area (Å²) in [5.41, 5.74) is 7.63. The maximum absolute atomic E-state index is 5.93. The Kier molecular flexibility index (Phi) is 5.46. The number of hydrogen-bond donors (Lipinski definition) is 1. The molecule has 0 aromatic carbocycles. The van der Waals surface area contributed by atoms with Crippen LogP contribution in [0.25, 0.3) is 0 Å². The summed E-state index contributed by atoms with van der Waals surface area (Å²) < 4.78 is 0. The molecule has 0 unspecified atom stereocenters. The van der Waals surface area contributed by atoms with Crippen molar-refractivity contribution in [1.29, 1.82) is 0 Å². The highest BCUT2D eigenvalue weighted by Gasteiger charge is 2.25. The van der Waals surface area contributed by atoms with Gasteiger partial charge in [0.15, 0.2) is 0 Å². The van der Waals surface area contributed by atoms with E-state index >= 15 is 0 Å². The van der Waals surface area contributed by atoms with Crippen molar-refractivity contribution >= 4 is 11.3 Å².